The zero-order valence-corrected chi connectivity index (χ0v) is 38.0. The number of hydrogen-bond acceptors (Lipinski definition) is 5. The predicted molar refractivity (Wildman–Crippen MR) is 284 cm³/mol. The average molecular weight is 904 g/mol. The van der Waals surface area contributed by atoms with Gasteiger partial charge in [0.05, 0.1) is 27.7 Å². The molecule has 1 spiro atoms. The second kappa shape index (κ2) is 14.9. The van der Waals surface area contributed by atoms with Crippen molar-refractivity contribution >= 4 is 43.7 Å². The summed E-state index contributed by atoms with van der Waals surface area (Å²) in [7, 11) is 0. The van der Waals surface area contributed by atoms with E-state index in [0.717, 1.165) is 77.2 Å². The smallest absolute Gasteiger partial charge is 0.164 e. The zero-order valence-electron chi connectivity index (χ0n) is 38.0. The van der Waals surface area contributed by atoms with E-state index in [9.17, 15) is 5.26 Å². The summed E-state index contributed by atoms with van der Waals surface area (Å²) in [6, 6.07) is 81.6. The molecule has 15 rings (SSSR count). The van der Waals surface area contributed by atoms with Gasteiger partial charge in [0, 0.05) is 38.2 Å². The van der Waals surface area contributed by atoms with Crippen molar-refractivity contribution in [3.05, 3.63) is 252 Å². The maximum absolute atomic E-state index is 11.1. The van der Waals surface area contributed by atoms with Gasteiger partial charge in [-0.3, -0.25) is 0 Å². The van der Waals surface area contributed by atoms with E-state index in [1.165, 1.54) is 44.5 Å². The van der Waals surface area contributed by atoms with Gasteiger partial charge in [-0.05, 0) is 116 Å². The van der Waals surface area contributed by atoms with Gasteiger partial charge in [-0.15, -0.1) is 0 Å². The number of nitrogens with zero attached hydrogens (tertiary/aromatic N) is 5. The number of furan rings is 1. The lowest BCUT2D eigenvalue weighted by Gasteiger charge is -2.30. The lowest BCUT2D eigenvalue weighted by atomic mass is 9.70. The van der Waals surface area contributed by atoms with Crippen LogP contribution in [0.5, 0.6) is 0 Å². The van der Waals surface area contributed by atoms with Crippen LogP contribution in [0, 0.1) is 11.3 Å². The quantitative estimate of drug-likeness (QED) is 0.172. The zero-order chi connectivity index (χ0) is 46.8. The molecule has 0 radical (unpaired) electrons. The molecule has 6 heteroatoms. The van der Waals surface area contributed by atoms with Gasteiger partial charge in [-0.2, -0.15) is 5.26 Å². The number of rotatable bonds is 5. The Labute approximate surface area is 408 Å². The van der Waals surface area contributed by atoms with Crippen LogP contribution in [0.1, 0.15) is 27.8 Å². The summed E-state index contributed by atoms with van der Waals surface area (Å²) in [5, 5.41) is 15.5. The van der Waals surface area contributed by atoms with Crippen molar-refractivity contribution in [1.29, 1.82) is 5.26 Å². The molecule has 2 aliphatic rings. The Morgan fingerprint density at radius 3 is 1.63 bits per heavy atom. The summed E-state index contributed by atoms with van der Waals surface area (Å²) in [5.74, 6) is 1.64. The van der Waals surface area contributed by atoms with E-state index in [1.807, 2.05) is 91.0 Å². The van der Waals surface area contributed by atoms with Crippen LogP contribution in [0.2, 0.25) is 0 Å². The Balaban J connectivity index is 0.915. The molecule has 13 aromatic rings. The molecule has 1 atom stereocenters. The summed E-state index contributed by atoms with van der Waals surface area (Å²) >= 11 is 0. The summed E-state index contributed by atoms with van der Waals surface area (Å²) in [6.07, 6.45) is 0. The molecule has 3 heterocycles. The fourth-order valence-electron chi connectivity index (χ4n) is 11.8. The van der Waals surface area contributed by atoms with Crippen LogP contribution in [0.25, 0.3) is 117 Å². The molecule has 0 saturated carbocycles. The van der Waals surface area contributed by atoms with Crippen LogP contribution < -0.4 is 0 Å². The first-order valence-electron chi connectivity index (χ1n) is 23.9. The Morgan fingerprint density at radius 1 is 0.366 bits per heavy atom. The number of benzene rings is 10. The fraction of sp³-hybridized carbons (Fsp3) is 0.0154. The summed E-state index contributed by atoms with van der Waals surface area (Å²) in [4.78, 5) is 14.9. The highest BCUT2D eigenvalue weighted by atomic mass is 16.3. The minimum Gasteiger partial charge on any atom is -0.456 e. The molecule has 1 unspecified atom stereocenters. The fourth-order valence-corrected chi connectivity index (χ4v) is 11.8. The second-order valence-electron chi connectivity index (χ2n) is 18.6. The van der Waals surface area contributed by atoms with Gasteiger partial charge in [-0.1, -0.05) is 164 Å². The van der Waals surface area contributed by atoms with E-state index < -0.39 is 5.41 Å². The maximum atomic E-state index is 11.1. The van der Waals surface area contributed by atoms with Crippen molar-refractivity contribution in [3.63, 3.8) is 0 Å². The minimum atomic E-state index is -0.558. The Bertz CT molecular complexity index is 4370. The van der Waals surface area contributed by atoms with Gasteiger partial charge in [-0.25, -0.2) is 15.0 Å². The third kappa shape index (κ3) is 5.60. The summed E-state index contributed by atoms with van der Waals surface area (Å²) < 4.78 is 8.63. The van der Waals surface area contributed by atoms with Crippen LogP contribution in [0.4, 0.5) is 0 Å². The molecule has 0 bridgehead atoms. The van der Waals surface area contributed by atoms with Gasteiger partial charge in [0.2, 0.25) is 0 Å². The molecular weight excluding hydrogens is 867 g/mol. The minimum absolute atomic E-state index is 0.499. The van der Waals surface area contributed by atoms with Crippen molar-refractivity contribution < 1.29 is 4.42 Å². The molecule has 328 valence electrons. The Morgan fingerprint density at radius 2 is 0.915 bits per heavy atom. The highest BCUT2D eigenvalue weighted by Crippen LogP contribution is 2.64. The molecule has 10 aromatic carbocycles. The van der Waals surface area contributed by atoms with Gasteiger partial charge in [0.15, 0.2) is 17.5 Å². The van der Waals surface area contributed by atoms with Crippen LogP contribution >= 0.6 is 0 Å². The SMILES string of the molecule is N#Cc1cc(-c2nc(-c3ccccc3)nc(-c3ccccc3)n2)ccc1-n1c2ccccc2c2cc3c(cc21)-c1ccccc1C31c2ccccc2-c2cc(-c3ccc4c(c3)oc3ccccc34)ccc21. The highest BCUT2D eigenvalue weighted by molar-refractivity contribution is 6.13. The van der Waals surface area contributed by atoms with Crippen molar-refractivity contribution in [3.8, 4) is 79.3 Å². The maximum Gasteiger partial charge on any atom is 0.164 e. The van der Waals surface area contributed by atoms with Crippen molar-refractivity contribution in [1.82, 2.24) is 19.5 Å². The van der Waals surface area contributed by atoms with E-state index in [4.69, 9.17) is 19.4 Å². The Kier molecular flexibility index (Phi) is 8.25. The number of hydrogen-bond donors (Lipinski definition) is 0. The van der Waals surface area contributed by atoms with E-state index in [1.54, 1.807) is 0 Å². The lowest BCUT2D eigenvalue weighted by molar-refractivity contribution is 0.669. The second-order valence-corrected chi connectivity index (χ2v) is 18.6. The topological polar surface area (TPSA) is 80.5 Å². The van der Waals surface area contributed by atoms with Gasteiger partial charge in [0.25, 0.3) is 0 Å². The third-order valence-electron chi connectivity index (χ3n) is 14.9. The third-order valence-corrected chi connectivity index (χ3v) is 14.9. The molecule has 6 nitrogen and oxygen atoms in total. The predicted octanol–water partition coefficient (Wildman–Crippen LogP) is 15.8. The van der Waals surface area contributed by atoms with Crippen molar-refractivity contribution in [2.24, 2.45) is 0 Å². The Hall–Kier alpha value is -9.70. The van der Waals surface area contributed by atoms with Crippen molar-refractivity contribution in [2.45, 2.75) is 5.41 Å². The van der Waals surface area contributed by atoms with E-state index in [0.29, 0.717) is 23.0 Å². The van der Waals surface area contributed by atoms with E-state index in [2.05, 4.69) is 144 Å². The summed E-state index contributed by atoms with van der Waals surface area (Å²) in [5.41, 5.74) is 19.3. The molecule has 0 saturated heterocycles. The van der Waals surface area contributed by atoms with Crippen LogP contribution in [0.3, 0.4) is 0 Å². The largest absolute Gasteiger partial charge is 0.456 e. The number of nitriles is 1. The highest BCUT2D eigenvalue weighted by Gasteiger charge is 2.52. The summed E-state index contributed by atoms with van der Waals surface area (Å²) in [6.45, 7) is 0. The molecule has 2 aliphatic carbocycles. The number of aromatic nitrogens is 4. The standard InChI is InChI=1S/C65H37N5O/c66-38-44-33-43(64-68-62(39-15-3-1-4-16-39)67-63(69-64)40-17-5-2-6-18-40)29-32-57(44)70-58-25-13-9-21-47(58)52-36-56-51(37-59(52)70)46-20-8-12-24-54(46)65(56)53-23-11-7-19-45(53)50-34-41(28-31-55(50)65)42-27-30-49-48-22-10-14-26-60(48)71-61(49)35-42/h1-37H. The van der Waals surface area contributed by atoms with E-state index in [-0.39, 0.29) is 0 Å². The van der Waals surface area contributed by atoms with Crippen LogP contribution in [-0.4, -0.2) is 19.5 Å². The van der Waals surface area contributed by atoms with Gasteiger partial charge < -0.3 is 8.98 Å². The molecule has 71 heavy (non-hydrogen) atoms. The van der Waals surface area contributed by atoms with Gasteiger partial charge in [0.1, 0.15) is 17.2 Å². The lowest BCUT2D eigenvalue weighted by Crippen LogP contribution is -2.25. The first kappa shape index (κ1) is 39.3. The van der Waals surface area contributed by atoms with Crippen LogP contribution in [0.15, 0.2) is 229 Å². The first-order valence-corrected chi connectivity index (χ1v) is 23.9. The van der Waals surface area contributed by atoms with Crippen molar-refractivity contribution in [2.75, 3.05) is 0 Å². The first-order chi connectivity index (χ1) is 35.1. The molecule has 0 aliphatic heterocycles. The molecule has 3 aromatic heterocycles. The number of fused-ring (bicyclic) bond motifs is 16. The molecule has 0 amide bonds. The van der Waals surface area contributed by atoms with Gasteiger partial charge >= 0.3 is 0 Å². The normalized spacial score (nSPS) is 14.2. The molecule has 0 fully saturated rings. The molecule has 0 N–H and O–H groups in total. The molecular formula is C65H37N5O. The van der Waals surface area contributed by atoms with Crippen LogP contribution in [-0.2, 0) is 5.41 Å². The monoisotopic (exact) mass is 903 g/mol. The number of para-hydroxylation sites is 2. The average Bonchev–Trinajstić information content (AvgIpc) is 4.16. The van der Waals surface area contributed by atoms with E-state index >= 15 is 0 Å².